The van der Waals surface area contributed by atoms with Crippen LogP contribution in [0.1, 0.15) is 44.9 Å². The minimum absolute atomic E-state index is 0.0736. The second kappa shape index (κ2) is 7.47. The summed E-state index contributed by atoms with van der Waals surface area (Å²) >= 11 is 0. The monoisotopic (exact) mass is 378 g/mol. The Morgan fingerprint density at radius 3 is 1.54 bits per heavy atom. The normalized spacial score (nSPS) is 11.1. The molecule has 3 N–H and O–H groups in total. The van der Waals surface area contributed by atoms with Crippen LogP contribution in [0, 0.1) is 27.7 Å². The van der Waals surface area contributed by atoms with Gasteiger partial charge in [-0.05, 0) is 67.1 Å². The van der Waals surface area contributed by atoms with Crippen molar-refractivity contribution in [2.75, 3.05) is 7.11 Å². The van der Waals surface area contributed by atoms with E-state index >= 15 is 0 Å². The Kier molecular flexibility index (Phi) is 5.23. The average Bonchev–Trinajstić information content (AvgIpc) is 2.64. The van der Waals surface area contributed by atoms with Crippen molar-refractivity contribution in [3.8, 4) is 23.0 Å². The van der Waals surface area contributed by atoms with E-state index in [1.165, 1.54) is 7.11 Å². The summed E-state index contributed by atoms with van der Waals surface area (Å²) in [6.45, 7) is 7.48. The zero-order chi connectivity index (χ0) is 20.6. The maximum Gasteiger partial charge on any atom is 0.164 e. The van der Waals surface area contributed by atoms with Gasteiger partial charge < -0.3 is 20.1 Å². The fourth-order valence-electron chi connectivity index (χ4n) is 3.86. The van der Waals surface area contributed by atoms with Gasteiger partial charge in [0.15, 0.2) is 11.5 Å². The van der Waals surface area contributed by atoms with E-state index in [0.29, 0.717) is 5.75 Å². The molecular weight excluding hydrogens is 352 g/mol. The molecule has 0 aliphatic heterocycles. The van der Waals surface area contributed by atoms with Crippen molar-refractivity contribution in [2.24, 2.45) is 0 Å². The lowest BCUT2D eigenvalue weighted by atomic mass is 9.82. The van der Waals surface area contributed by atoms with Gasteiger partial charge in [0.25, 0.3) is 0 Å². The van der Waals surface area contributed by atoms with E-state index in [9.17, 15) is 15.3 Å². The van der Waals surface area contributed by atoms with Crippen LogP contribution in [0.5, 0.6) is 23.0 Å². The van der Waals surface area contributed by atoms with Crippen LogP contribution in [0.3, 0.4) is 0 Å². The molecule has 3 rings (SSSR count). The number of phenolic OH excluding ortho intramolecular Hbond substituents is 3. The van der Waals surface area contributed by atoms with Crippen molar-refractivity contribution in [1.82, 2.24) is 0 Å². The first-order valence-corrected chi connectivity index (χ1v) is 9.20. The van der Waals surface area contributed by atoms with E-state index < -0.39 is 0 Å². The fraction of sp³-hybridized carbons (Fsp3) is 0.250. The first-order chi connectivity index (χ1) is 13.2. The van der Waals surface area contributed by atoms with Crippen LogP contribution < -0.4 is 4.74 Å². The SMILES string of the molecule is COc1c(O)cccc1C(c1cc(C)c(O)c(C)c1)c1cc(C)c(O)c(C)c1. The van der Waals surface area contributed by atoms with Crippen molar-refractivity contribution in [2.45, 2.75) is 33.6 Å². The zero-order valence-electron chi connectivity index (χ0n) is 16.9. The molecule has 3 aromatic rings. The molecule has 0 heterocycles. The molecular formula is C24H26O4. The number of rotatable bonds is 4. The van der Waals surface area contributed by atoms with E-state index in [0.717, 1.165) is 38.9 Å². The molecule has 4 heteroatoms. The minimum atomic E-state index is -0.238. The summed E-state index contributed by atoms with van der Waals surface area (Å²) in [6, 6.07) is 13.1. The summed E-state index contributed by atoms with van der Waals surface area (Å²) in [4.78, 5) is 0. The van der Waals surface area contributed by atoms with Crippen LogP contribution in [0.4, 0.5) is 0 Å². The minimum Gasteiger partial charge on any atom is -0.507 e. The smallest absolute Gasteiger partial charge is 0.164 e. The number of para-hydroxylation sites is 1. The van der Waals surface area contributed by atoms with Gasteiger partial charge in [0.1, 0.15) is 11.5 Å². The second-order valence-corrected chi connectivity index (χ2v) is 7.34. The fourth-order valence-corrected chi connectivity index (χ4v) is 3.86. The zero-order valence-corrected chi connectivity index (χ0v) is 16.9. The van der Waals surface area contributed by atoms with Crippen LogP contribution in [-0.2, 0) is 0 Å². The van der Waals surface area contributed by atoms with E-state index in [-0.39, 0.29) is 23.2 Å². The summed E-state index contributed by atoms with van der Waals surface area (Å²) < 4.78 is 5.52. The van der Waals surface area contributed by atoms with E-state index in [4.69, 9.17) is 4.74 Å². The molecule has 0 unspecified atom stereocenters. The molecule has 28 heavy (non-hydrogen) atoms. The predicted molar refractivity (Wildman–Crippen MR) is 111 cm³/mol. The highest BCUT2D eigenvalue weighted by molar-refractivity contribution is 5.58. The van der Waals surface area contributed by atoms with E-state index in [1.807, 2.05) is 58.0 Å². The first kappa shape index (κ1) is 19.6. The Morgan fingerprint density at radius 2 is 1.14 bits per heavy atom. The van der Waals surface area contributed by atoms with E-state index in [1.54, 1.807) is 12.1 Å². The van der Waals surface area contributed by atoms with E-state index in [2.05, 4.69) is 0 Å². The van der Waals surface area contributed by atoms with Gasteiger partial charge >= 0.3 is 0 Å². The topological polar surface area (TPSA) is 69.9 Å². The Bertz CT molecular complexity index is 933. The third-order valence-corrected chi connectivity index (χ3v) is 5.23. The highest BCUT2D eigenvalue weighted by Gasteiger charge is 2.24. The van der Waals surface area contributed by atoms with Crippen molar-refractivity contribution < 1.29 is 20.1 Å². The summed E-state index contributed by atoms with van der Waals surface area (Å²) in [6.07, 6.45) is 0. The Balaban J connectivity index is 2.34. The molecule has 0 saturated carbocycles. The lowest BCUT2D eigenvalue weighted by Crippen LogP contribution is -2.07. The van der Waals surface area contributed by atoms with Crippen LogP contribution in [0.15, 0.2) is 42.5 Å². The van der Waals surface area contributed by atoms with Gasteiger partial charge in [-0.15, -0.1) is 0 Å². The Labute approximate surface area is 165 Å². The van der Waals surface area contributed by atoms with Gasteiger partial charge in [0.05, 0.1) is 7.11 Å². The summed E-state index contributed by atoms with van der Waals surface area (Å²) in [5, 5.41) is 30.8. The standard InChI is InChI=1S/C24H26O4/c1-13-9-17(10-14(2)22(13)26)21(18-11-15(3)23(27)16(4)12-18)19-7-6-8-20(25)24(19)28-5/h6-12,21,25-27H,1-5H3. The van der Waals surface area contributed by atoms with Crippen molar-refractivity contribution in [1.29, 1.82) is 0 Å². The second-order valence-electron chi connectivity index (χ2n) is 7.34. The van der Waals surface area contributed by atoms with Gasteiger partial charge in [-0.25, -0.2) is 0 Å². The molecule has 0 fully saturated rings. The molecule has 0 atom stereocenters. The van der Waals surface area contributed by atoms with Crippen LogP contribution in [0.2, 0.25) is 0 Å². The molecule has 0 bridgehead atoms. The molecule has 3 aromatic carbocycles. The molecule has 0 aliphatic rings. The Hall–Kier alpha value is -3.14. The molecule has 0 spiro atoms. The number of ether oxygens (including phenoxy) is 1. The van der Waals surface area contributed by atoms with Crippen molar-refractivity contribution >= 4 is 0 Å². The number of benzene rings is 3. The average molecular weight is 378 g/mol. The van der Waals surface area contributed by atoms with Crippen LogP contribution >= 0.6 is 0 Å². The first-order valence-electron chi connectivity index (χ1n) is 9.20. The predicted octanol–water partition coefficient (Wildman–Crippen LogP) is 5.23. The number of aromatic hydroxyl groups is 3. The molecule has 146 valence electrons. The highest BCUT2D eigenvalue weighted by Crippen LogP contribution is 2.43. The lowest BCUT2D eigenvalue weighted by Gasteiger charge is -2.24. The maximum atomic E-state index is 10.3. The molecule has 0 aromatic heterocycles. The van der Waals surface area contributed by atoms with Gasteiger partial charge in [-0.2, -0.15) is 0 Å². The number of phenols is 3. The molecule has 0 amide bonds. The van der Waals surface area contributed by atoms with Crippen LogP contribution in [0.25, 0.3) is 0 Å². The molecule has 0 radical (unpaired) electrons. The highest BCUT2D eigenvalue weighted by atomic mass is 16.5. The molecule has 4 nitrogen and oxygen atoms in total. The number of hydrogen-bond acceptors (Lipinski definition) is 4. The number of aryl methyl sites for hydroxylation is 4. The number of hydrogen-bond donors (Lipinski definition) is 3. The van der Waals surface area contributed by atoms with Gasteiger partial charge in [-0.3, -0.25) is 0 Å². The third kappa shape index (κ3) is 3.38. The van der Waals surface area contributed by atoms with Gasteiger partial charge in [0, 0.05) is 11.5 Å². The summed E-state index contributed by atoms with van der Waals surface area (Å²) in [5.74, 6) is 0.814. The summed E-state index contributed by atoms with van der Waals surface area (Å²) in [5.41, 5.74) is 5.90. The van der Waals surface area contributed by atoms with Crippen molar-refractivity contribution in [3.05, 3.63) is 81.4 Å². The van der Waals surface area contributed by atoms with Crippen LogP contribution in [-0.4, -0.2) is 22.4 Å². The molecule has 0 saturated heterocycles. The molecule has 0 aliphatic carbocycles. The van der Waals surface area contributed by atoms with Gasteiger partial charge in [-0.1, -0.05) is 36.4 Å². The Morgan fingerprint density at radius 1 is 0.714 bits per heavy atom. The quantitative estimate of drug-likeness (QED) is 0.544. The third-order valence-electron chi connectivity index (χ3n) is 5.23. The van der Waals surface area contributed by atoms with Crippen molar-refractivity contribution in [3.63, 3.8) is 0 Å². The number of methoxy groups -OCH3 is 1. The summed E-state index contributed by atoms with van der Waals surface area (Å²) in [7, 11) is 1.54. The van der Waals surface area contributed by atoms with Gasteiger partial charge in [0.2, 0.25) is 0 Å². The maximum absolute atomic E-state index is 10.3. The largest absolute Gasteiger partial charge is 0.507 e. The lowest BCUT2D eigenvalue weighted by molar-refractivity contribution is 0.368.